The molecule has 0 fully saturated rings. The Kier molecular flexibility index (Phi) is 22.4. The minimum atomic E-state index is 0.833. The van der Waals surface area contributed by atoms with E-state index in [2.05, 4.69) is 318 Å². The quantitative estimate of drug-likeness (QED) is 0.0803. The van der Waals surface area contributed by atoms with Gasteiger partial charge in [0.05, 0.1) is 28.4 Å². The number of benzene rings is 12. The maximum atomic E-state index is 5.45. The third-order valence-electron chi connectivity index (χ3n) is 18.2. The van der Waals surface area contributed by atoms with Crippen LogP contribution in [0.3, 0.4) is 0 Å². The molecule has 4 nitrogen and oxygen atoms in total. The second-order valence-electron chi connectivity index (χ2n) is 25.1. The summed E-state index contributed by atoms with van der Waals surface area (Å²) in [6.07, 6.45) is 9.23. The van der Waals surface area contributed by atoms with Crippen LogP contribution in [0.1, 0.15) is 111 Å². The number of hydrogen-bond donors (Lipinski definition) is 0. The van der Waals surface area contributed by atoms with Gasteiger partial charge in [0.25, 0.3) is 0 Å². The number of aryl methyl sites for hydroxylation is 8. The second-order valence-corrected chi connectivity index (χ2v) is 26.9. The standard InChI is InChI=1S/C48H46O4.C44H36Br2/c1-31-25-39(26-32(2)45(31)29-47(35-9-17-41(49-5)18-10-35)36-11-19-42(50-6)20-12-36)40-27-33(3)46(34(4)28-40)30-48(37-13-21-43(51-7)22-14-37)38-15-23-44(52-8)24-16-38;1-29-5-11-35(12-6-29)43(37-15-19-39(45)20-16-37)27-33-9-23-41(31(3)25-33)42-24-10-34(26-32(42)4)28-44(36-13-7-30(2)8-14-36)38-17-21-40(46)22-18-38/h9-30H,1-8H3;5-28H,1-4H3. The number of methoxy groups -OCH3 is 4. The van der Waals surface area contributed by atoms with Crippen LogP contribution in [0.15, 0.2) is 264 Å². The first-order valence-electron chi connectivity index (χ1n) is 33.0. The fraction of sp³-hybridized carbons (Fsp3) is 0.130. The number of ether oxygens (including phenoxy) is 4. The molecule has 12 aromatic carbocycles. The first-order chi connectivity index (χ1) is 47.4. The summed E-state index contributed by atoms with van der Waals surface area (Å²) in [5.74, 6) is 3.33. The molecular formula is C92H82Br2O4. The van der Waals surface area contributed by atoms with Crippen LogP contribution in [0.4, 0.5) is 0 Å². The van der Waals surface area contributed by atoms with E-state index in [0.29, 0.717) is 0 Å². The lowest BCUT2D eigenvalue weighted by atomic mass is 9.88. The van der Waals surface area contributed by atoms with Crippen LogP contribution in [0.2, 0.25) is 0 Å². The van der Waals surface area contributed by atoms with E-state index in [1.807, 2.05) is 48.5 Å². The predicted octanol–water partition coefficient (Wildman–Crippen LogP) is 25.1. The largest absolute Gasteiger partial charge is 0.497 e. The molecule has 0 aliphatic heterocycles. The average molecular weight is 1410 g/mol. The first-order valence-corrected chi connectivity index (χ1v) is 34.6. The monoisotopic (exact) mass is 1410 g/mol. The van der Waals surface area contributed by atoms with E-state index in [0.717, 1.165) is 65.3 Å². The summed E-state index contributed by atoms with van der Waals surface area (Å²) in [4.78, 5) is 0. The third-order valence-corrected chi connectivity index (χ3v) is 19.2. The van der Waals surface area contributed by atoms with Crippen molar-refractivity contribution in [2.45, 2.75) is 55.4 Å². The van der Waals surface area contributed by atoms with Crippen LogP contribution in [-0.2, 0) is 0 Å². The Bertz CT molecular complexity index is 4350. The van der Waals surface area contributed by atoms with Crippen LogP contribution in [0, 0.1) is 55.4 Å². The highest BCUT2D eigenvalue weighted by Gasteiger charge is 2.17. The van der Waals surface area contributed by atoms with E-state index >= 15 is 0 Å². The van der Waals surface area contributed by atoms with E-state index in [1.54, 1.807) is 28.4 Å². The summed E-state index contributed by atoms with van der Waals surface area (Å²) in [6, 6.07) is 90.6. The van der Waals surface area contributed by atoms with Gasteiger partial charge >= 0.3 is 0 Å². The number of hydrogen-bond acceptors (Lipinski definition) is 4. The van der Waals surface area contributed by atoms with Crippen molar-refractivity contribution in [3.05, 3.63) is 375 Å². The maximum Gasteiger partial charge on any atom is 0.118 e. The van der Waals surface area contributed by atoms with Gasteiger partial charge in [-0.3, -0.25) is 0 Å². The van der Waals surface area contributed by atoms with Gasteiger partial charge in [-0.05, 0) is 297 Å². The predicted molar refractivity (Wildman–Crippen MR) is 423 cm³/mol. The summed E-state index contributed by atoms with van der Waals surface area (Å²) in [6.45, 7) is 17.5. The van der Waals surface area contributed by atoms with Crippen LogP contribution >= 0.6 is 31.9 Å². The Balaban J connectivity index is 0.000000200. The van der Waals surface area contributed by atoms with Gasteiger partial charge in [-0.25, -0.2) is 0 Å². The summed E-state index contributed by atoms with van der Waals surface area (Å²) < 4.78 is 24.0. The van der Waals surface area contributed by atoms with Gasteiger partial charge in [-0.1, -0.05) is 225 Å². The fourth-order valence-corrected chi connectivity index (χ4v) is 13.2. The molecule has 0 aliphatic carbocycles. The minimum absolute atomic E-state index is 0.833. The topological polar surface area (TPSA) is 36.9 Å². The van der Waals surface area contributed by atoms with Crippen molar-refractivity contribution in [1.82, 2.24) is 0 Å². The molecule has 488 valence electrons. The smallest absolute Gasteiger partial charge is 0.118 e. The Morgan fingerprint density at radius 1 is 0.245 bits per heavy atom. The molecule has 0 aliphatic rings. The molecule has 0 aromatic heterocycles. The van der Waals surface area contributed by atoms with E-state index in [-0.39, 0.29) is 0 Å². The molecule has 0 radical (unpaired) electrons. The summed E-state index contributed by atoms with van der Waals surface area (Å²) in [5.41, 5.74) is 33.6. The third kappa shape index (κ3) is 16.8. The fourth-order valence-electron chi connectivity index (χ4n) is 12.7. The van der Waals surface area contributed by atoms with Crippen molar-refractivity contribution in [3.63, 3.8) is 0 Å². The van der Waals surface area contributed by atoms with Crippen molar-refractivity contribution in [2.24, 2.45) is 0 Å². The molecule has 12 aromatic rings. The van der Waals surface area contributed by atoms with Crippen molar-refractivity contribution in [3.8, 4) is 45.3 Å². The van der Waals surface area contributed by atoms with Gasteiger partial charge < -0.3 is 18.9 Å². The lowest BCUT2D eigenvalue weighted by Crippen LogP contribution is -1.96. The molecule has 0 atom stereocenters. The van der Waals surface area contributed by atoms with Crippen LogP contribution in [0.25, 0.3) is 68.9 Å². The molecule has 0 heterocycles. The first kappa shape index (κ1) is 69.1. The zero-order chi connectivity index (χ0) is 69.0. The molecule has 0 N–H and O–H groups in total. The lowest BCUT2D eigenvalue weighted by Gasteiger charge is -2.17. The Hall–Kier alpha value is -10.2. The number of halogens is 2. The van der Waals surface area contributed by atoms with E-state index < -0.39 is 0 Å². The highest BCUT2D eigenvalue weighted by atomic mass is 79.9. The molecule has 6 heteroatoms. The SMILES string of the molecule is COc1ccc(C(=Cc2c(C)cc(-c3cc(C)c(C=C(c4ccc(OC)cc4)c4ccc(OC)cc4)c(C)c3)cc2C)c2ccc(OC)cc2)cc1.Cc1ccc(C(=Cc2ccc(-c3ccc(C=C(c4ccc(C)cc4)c4ccc(Br)cc4)cc3C)c(C)c2)c2ccc(Br)cc2)cc1. The minimum Gasteiger partial charge on any atom is -0.497 e. The highest BCUT2D eigenvalue weighted by molar-refractivity contribution is 9.10. The summed E-state index contributed by atoms with van der Waals surface area (Å²) >= 11 is 7.18. The molecule has 0 saturated heterocycles. The average Bonchev–Trinajstić information content (AvgIpc) is 0.963. The number of rotatable bonds is 18. The normalized spacial score (nSPS) is 11.3. The zero-order valence-corrected chi connectivity index (χ0v) is 61.1. The van der Waals surface area contributed by atoms with Gasteiger partial charge in [-0.15, -0.1) is 0 Å². The van der Waals surface area contributed by atoms with E-state index in [4.69, 9.17) is 18.9 Å². The molecule has 0 spiro atoms. The molecule has 0 amide bonds. The van der Waals surface area contributed by atoms with Crippen LogP contribution in [-0.4, -0.2) is 28.4 Å². The van der Waals surface area contributed by atoms with Gasteiger partial charge in [0, 0.05) is 8.95 Å². The Labute approximate surface area is 597 Å². The van der Waals surface area contributed by atoms with Crippen molar-refractivity contribution < 1.29 is 18.9 Å². The zero-order valence-electron chi connectivity index (χ0n) is 57.9. The maximum absolute atomic E-state index is 5.45. The van der Waals surface area contributed by atoms with Gasteiger partial charge in [0.1, 0.15) is 23.0 Å². The second kappa shape index (κ2) is 31.8. The molecule has 0 saturated carbocycles. The highest BCUT2D eigenvalue weighted by Crippen LogP contribution is 2.39. The molecule has 0 bridgehead atoms. The lowest BCUT2D eigenvalue weighted by molar-refractivity contribution is 0.414. The Morgan fingerprint density at radius 2 is 0.469 bits per heavy atom. The molecule has 98 heavy (non-hydrogen) atoms. The van der Waals surface area contributed by atoms with Gasteiger partial charge in [0.2, 0.25) is 0 Å². The van der Waals surface area contributed by atoms with E-state index in [1.165, 1.54) is 122 Å². The molecule has 12 rings (SSSR count). The van der Waals surface area contributed by atoms with Crippen LogP contribution in [0.5, 0.6) is 23.0 Å². The molecule has 0 unspecified atom stereocenters. The Morgan fingerprint density at radius 3 is 0.704 bits per heavy atom. The summed E-state index contributed by atoms with van der Waals surface area (Å²) in [5, 5.41) is 0. The van der Waals surface area contributed by atoms with E-state index in [9.17, 15) is 0 Å². The molecular weight excluding hydrogens is 1330 g/mol. The van der Waals surface area contributed by atoms with Crippen molar-refractivity contribution >= 4 is 78.5 Å². The van der Waals surface area contributed by atoms with Gasteiger partial charge in [-0.2, -0.15) is 0 Å². The van der Waals surface area contributed by atoms with Crippen molar-refractivity contribution in [2.75, 3.05) is 28.4 Å². The van der Waals surface area contributed by atoms with Crippen LogP contribution < -0.4 is 18.9 Å². The summed E-state index contributed by atoms with van der Waals surface area (Å²) in [7, 11) is 6.77. The van der Waals surface area contributed by atoms with Gasteiger partial charge in [0.15, 0.2) is 0 Å². The van der Waals surface area contributed by atoms with Crippen molar-refractivity contribution in [1.29, 1.82) is 0 Å².